The Kier molecular flexibility index (Phi) is 7.34. The van der Waals surface area contributed by atoms with Crippen LogP contribution in [-0.4, -0.2) is 30.1 Å². The Morgan fingerprint density at radius 3 is 2.10 bits per heavy atom. The zero-order chi connectivity index (χ0) is 13.5. The highest BCUT2D eigenvalue weighted by atomic mass is 79.9. The number of hydrogen-bond acceptors (Lipinski definition) is 2. The maximum atomic E-state index is 9.42. The molecule has 0 amide bonds. The standard InChI is InChI=1S/C17H21NO.BrH/c1-18(12-10-15-6-3-2-4-7-15)13-11-16-8-5-9-17(19)14-16;/h2-9,14,19H,10-13H2,1H3;1H. The van der Waals surface area contributed by atoms with E-state index in [1.165, 1.54) is 11.1 Å². The summed E-state index contributed by atoms with van der Waals surface area (Å²) in [4.78, 5) is 2.33. The van der Waals surface area contributed by atoms with E-state index in [0.717, 1.165) is 25.9 Å². The molecule has 0 spiro atoms. The number of halogens is 1. The van der Waals surface area contributed by atoms with Crippen molar-refractivity contribution < 1.29 is 5.11 Å². The number of phenolic OH excluding ortho intramolecular Hbond substituents is 1. The lowest BCUT2D eigenvalue weighted by atomic mass is 10.1. The van der Waals surface area contributed by atoms with Crippen LogP contribution in [-0.2, 0) is 12.8 Å². The fraction of sp³-hybridized carbons (Fsp3) is 0.294. The van der Waals surface area contributed by atoms with E-state index in [1.807, 2.05) is 12.1 Å². The van der Waals surface area contributed by atoms with E-state index < -0.39 is 0 Å². The van der Waals surface area contributed by atoms with Gasteiger partial charge in [0.05, 0.1) is 0 Å². The molecule has 20 heavy (non-hydrogen) atoms. The molecule has 0 fully saturated rings. The third-order valence-corrected chi connectivity index (χ3v) is 3.32. The lowest BCUT2D eigenvalue weighted by Crippen LogP contribution is -2.23. The van der Waals surface area contributed by atoms with Gasteiger partial charge in [-0.15, -0.1) is 17.0 Å². The monoisotopic (exact) mass is 335 g/mol. The summed E-state index contributed by atoms with van der Waals surface area (Å²) in [7, 11) is 2.14. The molecule has 2 rings (SSSR count). The van der Waals surface area contributed by atoms with Gasteiger partial charge in [-0.05, 0) is 43.1 Å². The van der Waals surface area contributed by atoms with E-state index in [9.17, 15) is 5.11 Å². The Balaban J connectivity index is 0.00000200. The molecule has 0 saturated carbocycles. The van der Waals surface area contributed by atoms with Gasteiger partial charge in [-0.2, -0.15) is 0 Å². The third-order valence-electron chi connectivity index (χ3n) is 3.32. The molecule has 2 aromatic rings. The van der Waals surface area contributed by atoms with Crippen molar-refractivity contribution in [1.82, 2.24) is 4.90 Å². The molecule has 0 bridgehead atoms. The van der Waals surface area contributed by atoms with Gasteiger partial charge in [0, 0.05) is 13.1 Å². The van der Waals surface area contributed by atoms with Crippen LogP contribution < -0.4 is 0 Å². The molecule has 0 unspecified atom stereocenters. The molecule has 108 valence electrons. The Bertz CT molecular complexity index is 501. The van der Waals surface area contributed by atoms with Crippen LogP contribution in [0, 0.1) is 0 Å². The Hall–Kier alpha value is -1.32. The molecule has 3 heteroatoms. The van der Waals surface area contributed by atoms with Gasteiger partial charge in [-0.25, -0.2) is 0 Å². The number of aromatic hydroxyl groups is 1. The molecule has 0 aliphatic heterocycles. The Labute approximate surface area is 131 Å². The molecule has 0 saturated heterocycles. The van der Waals surface area contributed by atoms with Crippen LogP contribution in [0.5, 0.6) is 5.75 Å². The van der Waals surface area contributed by atoms with Gasteiger partial charge in [0.15, 0.2) is 0 Å². The average Bonchev–Trinajstić information content (AvgIpc) is 2.44. The lowest BCUT2D eigenvalue weighted by molar-refractivity contribution is 0.342. The third kappa shape index (κ3) is 5.76. The molecule has 2 nitrogen and oxygen atoms in total. The molecular weight excluding hydrogens is 314 g/mol. The van der Waals surface area contributed by atoms with Gasteiger partial charge < -0.3 is 10.0 Å². The highest BCUT2D eigenvalue weighted by Gasteiger charge is 2.01. The van der Waals surface area contributed by atoms with Crippen molar-refractivity contribution in [3.05, 3.63) is 65.7 Å². The van der Waals surface area contributed by atoms with Crippen molar-refractivity contribution in [2.24, 2.45) is 0 Å². The van der Waals surface area contributed by atoms with E-state index in [2.05, 4.69) is 48.3 Å². The zero-order valence-electron chi connectivity index (χ0n) is 11.8. The second kappa shape index (κ2) is 8.77. The number of benzene rings is 2. The SMILES string of the molecule is Br.CN(CCc1ccccc1)CCc1cccc(O)c1. The maximum absolute atomic E-state index is 9.42. The predicted octanol–water partition coefficient (Wildman–Crippen LogP) is 3.69. The van der Waals surface area contributed by atoms with Gasteiger partial charge in [-0.3, -0.25) is 0 Å². The van der Waals surface area contributed by atoms with Crippen molar-refractivity contribution >= 4 is 17.0 Å². The van der Waals surface area contributed by atoms with E-state index >= 15 is 0 Å². The van der Waals surface area contributed by atoms with Crippen molar-refractivity contribution in [2.75, 3.05) is 20.1 Å². The summed E-state index contributed by atoms with van der Waals surface area (Å²) in [6, 6.07) is 18.1. The Morgan fingerprint density at radius 2 is 1.45 bits per heavy atom. The van der Waals surface area contributed by atoms with E-state index in [0.29, 0.717) is 5.75 Å². The van der Waals surface area contributed by atoms with E-state index in [4.69, 9.17) is 0 Å². The summed E-state index contributed by atoms with van der Waals surface area (Å²) < 4.78 is 0. The first-order chi connectivity index (χ1) is 9.24. The predicted molar refractivity (Wildman–Crippen MR) is 89.8 cm³/mol. The first kappa shape index (κ1) is 16.7. The molecule has 0 atom stereocenters. The van der Waals surface area contributed by atoms with Crippen molar-refractivity contribution in [1.29, 1.82) is 0 Å². The van der Waals surface area contributed by atoms with Crippen molar-refractivity contribution in [3.8, 4) is 5.75 Å². The highest BCUT2D eigenvalue weighted by molar-refractivity contribution is 8.93. The highest BCUT2D eigenvalue weighted by Crippen LogP contribution is 2.11. The molecule has 0 radical (unpaired) electrons. The fourth-order valence-electron chi connectivity index (χ4n) is 2.11. The van der Waals surface area contributed by atoms with Crippen molar-refractivity contribution in [2.45, 2.75) is 12.8 Å². The second-order valence-electron chi connectivity index (χ2n) is 4.96. The molecule has 1 N–H and O–H groups in total. The van der Waals surface area contributed by atoms with E-state index in [1.54, 1.807) is 6.07 Å². The molecule has 0 aliphatic carbocycles. The summed E-state index contributed by atoms with van der Waals surface area (Å²) >= 11 is 0. The lowest BCUT2D eigenvalue weighted by Gasteiger charge is -2.16. The zero-order valence-corrected chi connectivity index (χ0v) is 13.5. The number of nitrogens with zero attached hydrogens (tertiary/aromatic N) is 1. The summed E-state index contributed by atoms with van der Waals surface area (Å²) in [5.74, 6) is 0.351. The second-order valence-corrected chi connectivity index (χ2v) is 4.96. The first-order valence-electron chi connectivity index (χ1n) is 6.74. The topological polar surface area (TPSA) is 23.5 Å². The molecular formula is C17H22BrNO. The van der Waals surface area contributed by atoms with Crippen LogP contribution in [0.1, 0.15) is 11.1 Å². The smallest absolute Gasteiger partial charge is 0.115 e. The summed E-state index contributed by atoms with van der Waals surface area (Å²) in [6.07, 6.45) is 2.05. The minimum atomic E-state index is 0. The molecule has 0 heterocycles. The minimum Gasteiger partial charge on any atom is -0.508 e. The summed E-state index contributed by atoms with van der Waals surface area (Å²) in [5.41, 5.74) is 2.57. The quantitative estimate of drug-likeness (QED) is 0.870. The number of phenols is 1. The van der Waals surface area contributed by atoms with Crippen molar-refractivity contribution in [3.63, 3.8) is 0 Å². The summed E-state index contributed by atoms with van der Waals surface area (Å²) in [5, 5.41) is 9.42. The van der Waals surface area contributed by atoms with Gasteiger partial charge >= 0.3 is 0 Å². The van der Waals surface area contributed by atoms with Gasteiger partial charge in [0.2, 0.25) is 0 Å². The van der Waals surface area contributed by atoms with Gasteiger partial charge in [-0.1, -0.05) is 42.5 Å². The van der Waals surface area contributed by atoms with Crippen LogP contribution in [0.4, 0.5) is 0 Å². The molecule has 2 aromatic carbocycles. The largest absolute Gasteiger partial charge is 0.508 e. The van der Waals surface area contributed by atoms with Crippen LogP contribution in [0.3, 0.4) is 0 Å². The summed E-state index contributed by atoms with van der Waals surface area (Å²) in [6.45, 7) is 2.07. The fourth-order valence-corrected chi connectivity index (χ4v) is 2.11. The minimum absolute atomic E-state index is 0. The normalized spacial score (nSPS) is 10.3. The van der Waals surface area contributed by atoms with Crippen LogP contribution in [0.2, 0.25) is 0 Å². The number of hydrogen-bond donors (Lipinski definition) is 1. The van der Waals surface area contributed by atoms with Gasteiger partial charge in [0.1, 0.15) is 5.75 Å². The van der Waals surface area contributed by atoms with Gasteiger partial charge in [0.25, 0.3) is 0 Å². The van der Waals surface area contributed by atoms with Crippen LogP contribution in [0.15, 0.2) is 54.6 Å². The number of rotatable bonds is 6. The van der Waals surface area contributed by atoms with Crippen LogP contribution >= 0.6 is 17.0 Å². The van der Waals surface area contributed by atoms with Crippen LogP contribution in [0.25, 0.3) is 0 Å². The Morgan fingerprint density at radius 1 is 0.850 bits per heavy atom. The molecule has 0 aliphatic rings. The average molecular weight is 336 g/mol. The first-order valence-corrected chi connectivity index (χ1v) is 6.74. The molecule has 0 aromatic heterocycles. The van der Waals surface area contributed by atoms with E-state index in [-0.39, 0.29) is 17.0 Å². The maximum Gasteiger partial charge on any atom is 0.115 e. The number of likely N-dealkylation sites (N-methyl/N-ethyl adjacent to an activating group) is 1.